The van der Waals surface area contributed by atoms with E-state index in [2.05, 4.69) is 25.8 Å². The van der Waals surface area contributed by atoms with Gasteiger partial charge in [-0.1, -0.05) is 0 Å². The molecule has 0 aliphatic carbocycles. The van der Waals surface area contributed by atoms with Crippen molar-refractivity contribution < 1.29 is 4.74 Å². The summed E-state index contributed by atoms with van der Waals surface area (Å²) in [6, 6.07) is 1.90. The minimum Gasteiger partial charge on any atom is -0.383 e. The van der Waals surface area contributed by atoms with Crippen LogP contribution in [-0.2, 0) is 11.3 Å². The molecule has 3 N–H and O–H groups in total. The normalized spacial score (nSPS) is 10.8. The predicted molar refractivity (Wildman–Crippen MR) is 78.7 cm³/mol. The first-order valence-electron chi connectivity index (χ1n) is 5.36. The van der Waals surface area contributed by atoms with Gasteiger partial charge in [-0.05, 0) is 13.0 Å². The molecule has 0 aliphatic heterocycles. The monoisotopic (exact) mass is 353 g/mol. The van der Waals surface area contributed by atoms with Crippen molar-refractivity contribution >= 4 is 29.9 Å². The molecule has 0 aliphatic rings. The van der Waals surface area contributed by atoms with Crippen molar-refractivity contribution in [3.8, 4) is 0 Å². The van der Waals surface area contributed by atoms with Gasteiger partial charge in [0, 0.05) is 26.4 Å². The number of halogens is 1. The average Bonchev–Trinajstić information content (AvgIpc) is 2.79. The molecule has 1 aromatic rings. The molecular weight excluding hydrogens is 333 g/mol. The topological polar surface area (TPSA) is 74.3 Å². The maximum absolute atomic E-state index is 4.96. The van der Waals surface area contributed by atoms with Crippen molar-refractivity contribution in [1.82, 2.24) is 20.8 Å². The Balaban J connectivity index is 0.00000256. The first-order chi connectivity index (χ1) is 7.86. The molecule has 0 bridgehead atoms. The number of aliphatic imine (C=N–C) groups is 1. The molecule has 0 saturated heterocycles. The molecule has 1 aromatic heterocycles. The van der Waals surface area contributed by atoms with Gasteiger partial charge in [0.05, 0.1) is 18.8 Å². The van der Waals surface area contributed by atoms with E-state index < -0.39 is 0 Å². The van der Waals surface area contributed by atoms with E-state index in [0.717, 1.165) is 24.7 Å². The number of hydrogen-bond acceptors (Lipinski definition) is 3. The molecule has 0 radical (unpaired) electrons. The molecule has 0 fully saturated rings. The van der Waals surface area contributed by atoms with Gasteiger partial charge in [0.25, 0.3) is 0 Å². The molecule has 0 amide bonds. The van der Waals surface area contributed by atoms with Crippen molar-refractivity contribution in [3.05, 3.63) is 18.0 Å². The Kier molecular flexibility index (Phi) is 9.83. The highest BCUT2D eigenvalue weighted by atomic mass is 127. The van der Waals surface area contributed by atoms with E-state index >= 15 is 0 Å². The zero-order valence-corrected chi connectivity index (χ0v) is 12.5. The lowest BCUT2D eigenvalue weighted by Crippen LogP contribution is -2.38. The Hall–Kier alpha value is -0.830. The zero-order chi connectivity index (χ0) is 11.6. The third-order valence-corrected chi connectivity index (χ3v) is 1.91. The Morgan fingerprint density at radius 1 is 1.53 bits per heavy atom. The van der Waals surface area contributed by atoms with Crippen LogP contribution in [0.1, 0.15) is 12.6 Å². The van der Waals surface area contributed by atoms with E-state index in [4.69, 9.17) is 4.74 Å². The standard InChI is InChI=1S/C10H19N5O.HI/c1-3-11-10(12-6-7-16-2)13-8-9-4-5-14-15-9;/h4-5H,3,6-8H2,1-2H3,(H,14,15)(H2,11,12,13);1H. The SMILES string of the molecule is CCNC(=NCc1ccn[nH]1)NCCOC.I. The van der Waals surface area contributed by atoms with Crippen LogP contribution < -0.4 is 10.6 Å². The van der Waals surface area contributed by atoms with Gasteiger partial charge in [-0.3, -0.25) is 5.10 Å². The van der Waals surface area contributed by atoms with E-state index in [9.17, 15) is 0 Å². The van der Waals surface area contributed by atoms with Crippen molar-refractivity contribution in [2.75, 3.05) is 26.8 Å². The Labute approximate surface area is 119 Å². The highest BCUT2D eigenvalue weighted by molar-refractivity contribution is 14.0. The molecule has 0 aromatic carbocycles. The summed E-state index contributed by atoms with van der Waals surface area (Å²) in [7, 11) is 1.68. The number of guanidine groups is 1. The number of nitrogens with zero attached hydrogens (tertiary/aromatic N) is 2. The number of aromatic nitrogens is 2. The van der Waals surface area contributed by atoms with E-state index in [0.29, 0.717) is 13.2 Å². The van der Waals surface area contributed by atoms with Crippen LogP contribution >= 0.6 is 24.0 Å². The molecule has 7 heteroatoms. The van der Waals surface area contributed by atoms with Crippen molar-refractivity contribution in [2.45, 2.75) is 13.5 Å². The van der Waals surface area contributed by atoms with Gasteiger partial charge in [-0.2, -0.15) is 5.10 Å². The summed E-state index contributed by atoms with van der Waals surface area (Å²) in [5.74, 6) is 0.786. The lowest BCUT2D eigenvalue weighted by atomic mass is 10.4. The predicted octanol–water partition coefficient (Wildman–Crippen LogP) is 0.729. The summed E-state index contributed by atoms with van der Waals surface area (Å²) in [4.78, 5) is 4.40. The number of methoxy groups -OCH3 is 1. The first kappa shape index (κ1) is 16.2. The molecule has 1 heterocycles. The van der Waals surface area contributed by atoms with Crippen LogP contribution in [-0.4, -0.2) is 43.0 Å². The second-order valence-electron chi connectivity index (χ2n) is 3.20. The summed E-state index contributed by atoms with van der Waals surface area (Å²) in [6.45, 7) is 4.85. The maximum atomic E-state index is 4.96. The van der Waals surface area contributed by atoms with Crippen LogP contribution in [0.25, 0.3) is 0 Å². The smallest absolute Gasteiger partial charge is 0.191 e. The van der Waals surface area contributed by atoms with Crippen LogP contribution in [0.5, 0.6) is 0 Å². The quantitative estimate of drug-likeness (QED) is 0.305. The van der Waals surface area contributed by atoms with Gasteiger partial charge in [-0.25, -0.2) is 4.99 Å². The zero-order valence-electron chi connectivity index (χ0n) is 10.2. The van der Waals surface area contributed by atoms with Gasteiger partial charge in [0.1, 0.15) is 0 Å². The minimum atomic E-state index is 0. The number of ether oxygens (including phenoxy) is 1. The summed E-state index contributed by atoms with van der Waals surface area (Å²) in [6.07, 6.45) is 1.72. The van der Waals surface area contributed by atoms with Crippen LogP contribution in [0, 0.1) is 0 Å². The number of H-pyrrole nitrogens is 1. The molecule has 0 unspecified atom stereocenters. The summed E-state index contributed by atoms with van der Waals surface area (Å²) >= 11 is 0. The van der Waals surface area contributed by atoms with Gasteiger partial charge < -0.3 is 15.4 Å². The van der Waals surface area contributed by atoms with E-state index in [1.807, 2.05) is 13.0 Å². The van der Waals surface area contributed by atoms with Crippen molar-refractivity contribution in [1.29, 1.82) is 0 Å². The molecule has 98 valence electrons. The Bertz CT molecular complexity index is 302. The lowest BCUT2D eigenvalue weighted by molar-refractivity contribution is 0.203. The fraction of sp³-hybridized carbons (Fsp3) is 0.600. The van der Waals surface area contributed by atoms with E-state index in [1.54, 1.807) is 13.3 Å². The number of hydrogen-bond donors (Lipinski definition) is 3. The lowest BCUT2D eigenvalue weighted by Gasteiger charge is -2.10. The highest BCUT2D eigenvalue weighted by Crippen LogP contribution is 1.93. The molecule has 0 spiro atoms. The van der Waals surface area contributed by atoms with Crippen LogP contribution in [0.4, 0.5) is 0 Å². The third kappa shape index (κ3) is 7.16. The van der Waals surface area contributed by atoms with Crippen LogP contribution in [0.2, 0.25) is 0 Å². The maximum Gasteiger partial charge on any atom is 0.191 e. The second kappa shape index (κ2) is 10.3. The second-order valence-corrected chi connectivity index (χ2v) is 3.20. The van der Waals surface area contributed by atoms with Gasteiger partial charge in [0.2, 0.25) is 0 Å². The van der Waals surface area contributed by atoms with Gasteiger partial charge in [0.15, 0.2) is 5.96 Å². The Morgan fingerprint density at radius 2 is 2.35 bits per heavy atom. The molecule has 6 nitrogen and oxygen atoms in total. The fourth-order valence-corrected chi connectivity index (χ4v) is 1.15. The summed E-state index contributed by atoms with van der Waals surface area (Å²) in [5, 5.41) is 13.0. The van der Waals surface area contributed by atoms with Crippen molar-refractivity contribution in [3.63, 3.8) is 0 Å². The largest absolute Gasteiger partial charge is 0.383 e. The molecule has 17 heavy (non-hydrogen) atoms. The molecule has 0 saturated carbocycles. The number of aromatic amines is 1. The summed E-state index contributed by atoms with van der Waals surface area (Å²) in [5.41, 5.74) is 0.990. The molecule has 0 atom stereocenters. The van der Waals surface area contributed by atoms with Gasteiger partial charge >= 0.3 is 0 Å². The van der Waals surface area contributed by atoms with Crippen LogP contribution in [0.15, 0.2) is 17.3 Å². The highest BCUT2D eigenvalue weighted by Gasteiger charge is 1.96. The number of rotatable bonds is 6. The molecule has 1 rings (SSSR count). The fourth-order valence-electron chi connectivity index (χ4n) is 1.15. The summed E-state index contributed by atoms with van der Waals surface area (Å²) < 4.78 is 4.96. The van der Waals surface area contributed by atoms with E-state index in [-0.39, 0.29) is 24.0 Å². The van der Waals surface area contributed by atoms with Crippen molar-refractivity contribution in [2.24, 2.45) is 4.99 Å². The van der Waals surface area contributed by atoms with E-state index in [1.165, 1.54) is 0 Å². The third-order valence-electron chi connectivity index (χ3n) is 1.91. The van der Waals surface area contributed by atoms with Crippen LogP contribution in [0.3, 0.4) is 0 Å². The minimum absolute atomic E-state index is 0. The molecular formula is C10H20IN5O. The average molecular weight is 353 g/mol. The van der Waals surface area contributed by atoms with Gasteiger partial charge in [-0.15, -0.1) is 24.0 Å². The number of nitrogens with one attached hydrogen (secondary N) is 3. The Morgan fingerprint density at radius 3 is 2.94 bits per heavy atom. The first-order valence-corrected chi connectivity index (χ1v) is 5.36.